The third kappa shape index (κ3) is 6.02. The second-order valence-corrected chi connectivity index (χ2v) is 6.46. The first-order chi connectivity index (χ1) is 13.2. The van der Waals surface area contributed by atoms with E-state index in [-0.39, 0.29) is 25.2 Å². The first-order valence-corrected chi connectivity index (χ1v) is 9.13. The summed E-state index contributed by atoms with van der Waals surface area (Å²) in [6, 6.07) is 18.9. The number of amides is 2. The van der Waals surface area contributed by atoms with Gasteiger partial charge in [-0.05, 0) is 30.5 Å². The van der Waals surface area contributed by atoms with Crippen LogP contribution in [-0.2, 0) is 16.1 Å². The number of rotatable bonds is 6. The van der Waals surface area contributed by atoms with E-state index in [1.54, 1.807) is 4.90 Å². The number of alkyl carbamates (subject to hydrolysis) is 1. The van der Waals surface area contributed by atoms with E-state index in [0.29, 0.717) is 31.7 Å². The maximum absolute atomic E-state index is 12.2. The highest BCUT2D eigenvalue weighted by Crippen LogP contribution is 2.13. The Morgan fingerprint density at radius 3 is 2.26 bits per heavy atom. The first kappa shape index (κ1) is 18.8. The summed E-state index contributed by atoms with van der Waals surface area (Å²) >= 11 is 0. The summed E-state index contributed by atoms with van der Waals surface area (Å²) in [7, 11) is 0. The average molecular weight is 368 g/mol. The van der Waals surface area contributed by atoms with Gasteiger partial charge in [0.15, 0.2) is 6.61 Å². The fourth-order valence-electron chi connectivity index (χ4n) is 2.96. The molecule has 142 valence electrons. The minimum absolute atomic E-state index is 0.0207. The number of piperidine rings is 1. The molecule has 2 amide bonds. The third-order valence-corrected chi connectivity index (χ3v) is 4.49. The Balaban J connectivity index is 1.34. The van der Waals surface area contributed by atoms with Gasteiger partial charge in [-0.25, -0.2) is 4.79 Å². The number of ether oxygens (including phenoxy) is 2. The van der Waals surface area contributed by atoms with Gasteiger partial charge >= 0.3 is 6.09 Å². The number of benzene rings is 2. The standard InChI is InChI=1S/C21H24N2O4/c24-20(16-26-19-9-5-2-6-10-19)23-13-11-18(12-14-23)22-21(25)27-15-17-7-3-1-4-8-17/h1-10,18H,11-16H2,(H,22,25). The van der Waals surface area contributed by atoms with Crippen molar-refractivity contribution in [1.29, 1.82) is 0 Å². The predicted molar refractivity (Wildman–Crippen MR) is 101 cm³/mol. The zero-order valence-electron chi connectivity index (χ0n) is 15.2. The second-order valence-electron chi connectivity index (χ2n) is 6.46. The van der Waals surface area contributed by atoms with Crippen LogP contribution in [-0.4, -0.2) is 42.6 Å². The lowest BCUT2D eigenvalue weighted by atomic mass is 10.1. The molecule has 0 atom stereocenters. The molecule has 27 heavy (non-hydrogen) atoms. The summed E-state index contributed by atoms with van der Waals surface area (Å²) in [5.41, 5.74) is 0.950. The van der Waals surface area contributed by atoms with Crippen LogP contribution < -0.4 is 10.1 Å². The van der Waals surface area contributed by atoms with Gasteiger partial charge in [-0.3, -0.25) is 4.79 Å². The molecule has 0 aliphatic carbocycles. The zero-order chi connectivity index (χ0) is 18.9. The lowest BCUT2D eigenvalue weighted by molar-refractivity contribution is -0.134. The Hall–Kier alpha value is -3.02. The van der Waals surface area contributed by atoms with E-state index < -0.39 is 6.09 Å². The maximum atomic E-state index is 12.2. The number of nitrogens with one attached hydrogen (secondary N) is 1. The monoisotopic (exact) mass is 368 g/mol. The van der Waals surface area contributed by atoms with Crippen molar-refractivity contribution in [2.75, 3.05) is 19.7 Å². The van der Waals surface area contributed by atoms with Gasteiger partial charge in [0.2, 0.25) is 0 Å². The molecule has 6 nitrogen and oxygen atoms in total. The van der Waals surface area contributed by atoms with Gasteiger partial charge in [-0.2, -0.15) is 0 Å². The van der Waals surface area contributed by atoms with Gasteiger partial charge < -0.3 is 19.7 Å². The van der Waals surface area contributed by atoms with Crippen LogP contribution in [0.25, 0.3) is 0 Å². The summed E-state index contributed by atoms with van der Waals surface area (Å²) in [4.78, 5) is 25.9. The van der Waals surface area contributed by atoms with Crippen molar-refractivity contribution in [3.05, 3.63) is 66.2 Å². The normalized spacial score (nSPS) is 14.4. The number of likely N-dealkylation sites (tertiary alicyclic amines) is 1. The van der Waals surface area contributed by atoms with E-state index in [2.05, 4.69) is 5.32 Å². The molecule has 0 saturated carbocycles. The Kier molecular flexibility index (Phi) is 6.68. The molecule has 2 aromatic rings. The molecule has 6 heteroatoms. The topological polar surface area (TPSA) is 67.9 Å². The molecule has 1 aliphatic heterocycles. The van der Waals surface area contributed by atoms with Crippen LogP contribution in [0.4, 0.5) is 4.79 Å². The smallest absolute Gasteiger partial charge is 0.407 e. The Labute approximate surface area is 159 Å². The number of carbonyl (C=O) groups excluding carboxylic acids is 2. The molecule has 1 saturated heterocycles. The van der Waals surface area contributed by atoms with Crippen LogP contribution in [0.2, 0.25) is 0 Å². The van der Waals surface area contributed by atoms with Crippen LogP contribution in [0.3, 0.4) is 0 Å². The van der Waals surface area contributed by atoms with Crippen molar-refractivity contribution >= 4 is 12.0 Å². The van der Waals surface area contributed by atoms with Gasteiger partial charge in [0.25, 0.3) is 5.91 Å². The molecule has 0 bridgehead atoms. The molecule has 1 N–H and O–H groups in total. The van der Waals surface area contributed by atoms with Crippen LogP contribution in [0.1, 0.15) is 18.4 Å². The molecule has 2 aromatic carbocycles. The first-order valence-electron chi connectivity index (χ1n) is 9.13. The average Bonchev–Trinajstić information content (AvgIpc) is 2.72. The highest BCUT2D eigenvalue weighted by atomic mass is 16.5. The number of carbonyl (C=O) groups is 2. The minimum atomic E-state index is -0.420. The van der Waals surface area contributed by atoms with E-state index >= 15 is 0 Å². The van der Waals surface area contributed by atoms with Gasteiger partial charge in [-0.1, -0.05) is 48.5 Å². The molecule has 1 fully saturated rings. The predicted octanol–water partition coefficient (Wildman–Crippen LogP) is 2.98. The van der Waals surface area contributed by atoms with Crippen molar-refractivity contribution in [2.45, 2.75) is 25.5 Å². The summed E-state index contributed by atoms with van der Waals surface area (Å²) in [5.74, 6) is 0.646. The van der Waals surface area contributed by atoms with Gasteiger partial charge in [0.05, 0.1) is 0 Å². The van der Waals surface area contributed by atoms with Crippen LogP contribution in [0, 0.1) is 0 Å². The van der Waals surface area contributed by atoms with Gasteiger partial charge in [0, 0.05) is 19.1 Å². The molecular weight excluding hydrogens is 344 g/mol. The summed E-state index contributed by atoms with van der Waals surface area (Å²) in [5, 5.41) is 2.88. The van der Waals surface area contributed by atoms with Gasteiger partial charge in [0.1, 0.15) is 12.4 Å². The lowest BCUT2D eigenvalue weighted by Crippen LogP contribution is -2.47. The zero-order valence-corrected chi connectivity index (χ0v) is 15.2. The summed E-state index contributed by atoms with van der Waals surface area (Å²) in [6.45, 7) is 1.48. The lowest BCUT2D eigenvalue weighted by Gasteiger charge is -2.32. The number of hydrogen-bond acceptors (Lipinski definition) is 4. The summed E-state index contributed by atoms with van der Waals surface area (Å²) in [6.07, 6.45) is 0.991. The number of hydrogen-bond donors (Lipinski definition) is 1. The van der Waals surface area contributed by atoms with E-state index in [4.69, 9.17) is 9.47 Å². The van der Waals surface area contributed by atoms with Crippen molar-refractivity contribution in [3.63, 3.8) is 0 Å². The molecule has 1 heterocycles. The summed E-state index contributed by atoms with van der Waals surface area (Å²) < 4.78 is 10.7. The van der Waals surface area contributed by atoms with Crippen LogP contribution >= 0.6 is 0 Å². The quantitative estimate of drug-likeness (QED) is 0.851. The molecule has 0 spiro atoms. The Morgan fingerprint density at radius 1 is 0.963 bits per heavy atom. The molecular formula is C21H24N2O4. The molecule has 0 unspecified atom stereocenters. The molecule has 3 rings (SSSR count). The van der Waals surface area contributed by atoms with Gasteiger partial charge in [-0.15, -0.1) is 0 Å². The highest BCUT2D eigenvalue weighted by molar-refractivity contribution is 5.78. The maximum Gasteiger partial charge on any atom is 0.407 e. The second kappa shape index (κ2) is 9.62. The Bertz CT molecular complexity index is 728. The highest BCUT2D eigenvalue weighted by Gasteiger charge is 2.24. The number of nitrogens with zero attached hydrogens (tertiary/aromatic N) is 1. The van der Waals surface area contributed by atoms with Crippen molar-refractivity contribution in [3.8, 4) is 5.75 Å². The van der Waals surface area contributed by atoms with Crippen molar-refractivity contribution in [1.82, 2.24) is 10.2 Å². The number of para-hydroxylation sites is 1. The molecule has 1 aliphatic rings. The largest absolute Gasteiger partial charge is 0.484 e. The van der Waals surface area contributed by atoms with Crippen LogP contribution in [0.5, 0.6) is 5.75 Å². The van der Waals surface area contributed by atoms with Crippen molar-refractivity contribution < 1.29 is 19.1 Å². The Morgan fingerprint density at radius 2 is 1.59 bits per heavy atom. The fraction of sp³-hybridized carbons (Fsp3) is 0.333. The third-order valence-electron chi connectivity index (χ3n) is 4.49. The molecule has 0 aromatic heterocycles. The van der Waals surface area contributed by atoms with Crippen molar-refractivity contribution in [2.24, 2.45) is 0 Å². The van der Waals surface area contributed by atoms with E-state index in [0.717, 1.165) is 5.56 Å². The van der Waals surface area contributed by atoms with E-state index in [1.807, 2.05) is 60.7 Å². The van der Waals surface area contributed by atoms with E-state index in [1.165, 1.54) is 0 Å². The fourth-order valence-corrected chi connectivity index (χ4v) is 2.96. The minimum Gasteiger partial charge on any atom is -0.484 e. The SMILES string of the molecule is O=C(NC1CCN(C(=O)COc2ccccc2)CC1)OCc1ccccc1. The molecule has 0 radical (unpaired) electrons. The van der Waals surface area contributed by atoms with Crippen LogP contribution in [0.15, 0.2) is 60.7 Å². The van der Waals surface area contributed by atoms with E-state index in [9.17, 15) is 9.59 Å².